The van der Waals surface area contributed by atoms with Crippen molar-refractivity contribution in [2.45, 2.75) is 38.8 Å². The Morgan fingerprint density at radius 3 is 2.42 bits per heavy atom. The SMILES string of the molecule is CCNC(C)(CN)CCc1ccc(OC(F)F)cc1. The van der Waals surface area contributed by atoms with E-state index in [1.165, 1.54) is 0 Å². The van der Waals surface area contributed by atoms with Gasteiger partial charge >= 0.3 is 6.61 Å². The van der Waals surface area contributed by atoms with E-state index in [2.05, 4.69) is 17.0 Å². The van der Waals surface area contributed by atoms with E-state index >= 15 is 0 Å². The largest absolute Gasteiger partial charge is 0.435 e. The molecule has 0 radical (unpaired) electrons. The predicted molar refractivity (Wildman–Crippen MR) is 72.5 cm³/mol. The number of hydrogen-bond donors (Lipinski definition) is 2. The molecule has 0 spiro atoms. The summed E-state index contributed by atoms with van der Waals surface area (Å²) in [6.45, 7) is 2.79. The maximum Gasteiger partial charge on any atom is 0.387 e. The number of halogens is 2. The molecule has 108 valence electrons. The highest BCUT2D eigenvalue weighted by Crippen LogP contribution is 2.18. The summed E-state index contributed by atoms with van der Waals surface area (Å²) in [5.41, 5.74) is 6.76. The zero-order chi connectivity index (χ0) is 14.3. The first kappa shape index (κ1) is 15.9. The molecule has 1 atom stereocenters. The molecule has 0 aliphatic heterocycles. The van der Waals surface area contributed by atoms with E-state index < -0.39 is 6.61 Å². The van der Waals surface area contributed by atoms with Crippen molar-refractivity contribution < 1.29 is 13.5 Å². The van der Waals surface area contributed by atoms with Gasteiger partial charge in [0.25, 0.3) is 0 Å². The summed E-state index contributed by atoms with van der Waals surface area (Å²) in [5, 5.41) is 3.37. The van der Waals surface area contributed by atoms with Gasteiger partial charge < -0.3 is 15.8 Å². The first-order chi connectivity index (χ1) is 8.99. The van der Waals surface area contributed by atoms with Gasteiger partial charge in [0.2, 0.25) is 0 Å². The lowest BCUT2D eigenvalue weighted by Gasteiger charge is -2.29. The number of hydrogen-bond acceptors (Lipinski definition) is 3. The van der Waals surface area contributed by atoms with Crippen molar-refractivity contribution in [1.82, 2.24) is 5.32 Å². The molecule has 5 heteroatoms. The highest BCUT2D eigenvalue weighted by molar-refractivity contribution is 5.27. The van der Waals surface area contributed by atoms with Gasteiger partial charge in [-0.3, -0.25) is 0 Å². The summed E-state index contributed by atoms with van der Waals surface area (Å²) in [4.78, 5) is 0. The quantitative estimate of drug-likeness (QED) is 0.764. The minimum atomic E-state index is -2.78. The van der Waals surface area contributed by atoms with Gasteiger partial charge in [-0.2, -0.15) is 8.78 Å². The molecule has 0 saturated heterocycles. The normalized spacial score (nSPS) is 14.4. The van der Waals surface area contributed by atoms with Gasteiger partial charge in [0.1, 0.15) is 5.75 Å². The lowest BCUT2D eigenvalue weighted by atomic mass is 9.93. The van der Waals surface area contributed by atoms with Gasteiger partial charge in [0.15, 0.2) is 0 Å². The number of aryl methyl sites for hydroxylation is 1. The van der Waals surface area contributed by atoms with Gasteiger partial charge in [-0.15, -0.1) is 0 Å². The maximum atomic E-state index is 12.0. The molecule has 1 unspecified atom stereocenters. The molecule has 19 heavy (non-hydrogen) atoms. The Hall–Kier alpha value is -1.20. The molecule has 0 aromatic heterocycles. The van der Waals surface area contributed by atoms with Crippen LogP contribution in [0.4, 0.5) is 8.78 Å². The van der Waals surface area contributed by atoms with Gasteiger partial charge in [-0.25, -0.2) is 0 Å². The second kappa shape index (κ2) is 7.40. The second-order valence-electron chi connectivity index (χ2n) is 4.82. The van der Waals surface area contributed by atoms with Gasteiger partial charge in [0.05, 0.1) is 0 Å². The average molecular weight is 272 g/mol. The summed E-state index contributed by atoms with van der Waals surface area (Å²) >= 11 is 0. The predicted octanol–water partition coefficient (Wildman–Crippen LogP) is 2.55. The molecular weight excluding hydrogens is 250 g/mol. The Morgan fingerprint density at radius 1 is 1.32 bits per heavy atom. The summed E-state index contributed by atoms with van der Waals surface area (Å²) in [6, 6.07) is 6.74. The van der Waals surface area contributed by atoms with E-state index in [0.29, 0.717) is 6.54 Å². The summed E-state index contributed by atoms with van der Waals surface area (Å²) < 4.78 is 28.3. The molecule has 0 heterocycles. The van der Waals surface area contributed by atoms with Crippen molar-refractivity contribution in [3.63, 3.8) is 0 Å². The average Bonchev–Trinajstić information content (AvgIpc) is 2.38. The van der Waals surface area contributed by atoms with Gasteiger partial charge in [0, 0.05) is 12.1 Å². The lowest BCUT2D eigenvalue weighted by Crippen LogP contribution is -2.48. The Kier molecular flexibility index (Phi) is 6.18. The van der Waals surface area contributed by atoms with E-state index in [0.717, 1.165) is 24.9 Å². The third-order valence-corrected chi connectivity index (χ3v) is 3.17. The monoisotopic (exact) mass is 272 g/mol. The van der Waals surface area contributed by atoms with Crippen LogP contribution in [0.1, 0.15) is 25.8 Å². The van der Waals surface area contributed by atoms with Crippen LogP contribution in [0.25, 0.3) is 0 Å². The molecule has 1 aromatic carbocycles. The van der Waals surface area contributed by atoms with Crippen LogP contribution in [0.2, 0.25) is 0 Å². The van der Waals surface area contributed by atoms with Gasteiger partial charge in [-0.05, 0) is 44.0 Å². The zero-order valence-electron chi connectivity index (χ0n) is 11.5. The summed E-state index contributed by atoms with van der Waals surface area (Å²) in [5.74, 6) is 0.187. The van der Waals surface area contributed by atoms with Crippen LogP contribution < -0.4 is 15.8 Å². The minimum Gasteiger partial charge on any atom is -0.435 e. The molecule has 1 aromatic rings. The highest BCUT2D eigenvalue weighted by Gasteiger charge is 2.20. The number of nitrogens with one attached hydrogen (secondary N) is 1. The third kappa shape index (κ3) is 5.53. The standard InChI is InChI=1S/C14H22F2N2O/c1-3-18-14(2,10-17)9-8-11-4-6-12(7-5-11)19-13(15)16/h4-7,13,18H,3,8-10,17H2,1-2H3. The molecule has 0 aliphatic rings. The van der Waals surface area contributed by atoms with Crippen LogP contribution in [-0.4, -0.2) is 25.2 Å². The first-order valence-corrected chi connectivity index (χ1v) is 6.48. The molecule has 3 N–H and O–H groups in total. The second-order valence-corrected chi connectivity index (χ2v) is 4.82. The Morgan fingerprint density at radius 2 is 1.95 bits per heavy atom. The highest BCUT2D eigenvalue weighted by atomic mass is 19.3. The molecule has 1 rings (SSSR count). The zero-order valence-corrected chi connectivity index (χ0v) is 11.5. The van der Waals surface area contributed by atoms with Crippen LogP contribution in [0.5, 0.6) is 5.75 Å². The lowest BCUT2D eigenvalue weighted by molar-refractivity contribution is -0.0498. The van der Waals surface area contributed by atoms with Crippen molar-refractivity contribution >= 4 is 0 Å². The van der Waals surface area contributed by atoms with Crippen molar-refractivity contribution in [2.24, 2.45) is 5.73 Å². The summed E-state index contributed by atoms with van der Waals surface area (Å²) in [7, 11) is 0. The Labute approximate surface area is 113 Å². The number of likely N-dealkylation sites (N-methyl/N-ethyl adjacent to an activating group) is 1. The fraction of sp³-hybridized carbons (Fsp3) is 0.571. The maximum absolute atomic E-state index is 12.0. The van der Waals surface area contributed by atoms with E-state index in [1.807, 2.05) is 6.92 Å². The number of rotatable bonds is 8. The van der Waals surface area contributed by atoms with E-state index in [-0.39, 0.29) is 11.3 Å². The van der Waals surface area contributed by atoms with Gasteiger partial charge in [-0.1, -0.05) is 19.1 Å². The molecule has 0 aliphatic carbocycles. The van der Waals surface area contributed by atoms with Crippen molar-refractivity contribution in [3.8, 4) is 5.75 Å². The fourth-order valence-corrected chi connectivity index (χ4v) is 1.95. The number of benzene rings is 1. The number of nitrogens with two attached hydrogens (primary N) is 1. The van der Waals surface area contributed by atoms with Crippen LogP contribution in [0.15, 0.2) is 24.3 Å². The third-order valence-electron chi connectivity index (χ3n) is 3.17. The fourth-order valence-electron chi connectivity index (χ4n) is 1.95. The first-order valence-electron chi connectivity index (χ1n) is 6.48. The molecular formula is C14H22F2N2O. The molecule has 0 fully saturated rings. The summed E-state index contributed by atoms with van der Waals surface area (Å²) in [6.07, 6.45) is 1.74. The Balaban J connectivity index is 2.53. The molecule has 0 amide bonds. The van der Waals surface area contributed by atoms with Crippen LogP contribution in [0.3, 0.4) is 0 Å². The molecule has 3 nitrogen and oxygen atoms in total. The molecule has 0 bridgehead atoms. The van der Waals surface area contributed by atoms with Crippen molar-refractivity contribution in [1.29, 1.82) is 0 Å². The van der Waals surface area contributed by atoms with Crippen LogP contribution in [0, 0.1) is 0 Å². The number of alkyl halides is 2. The topological polar surface area (TPSA) is 47.3 Å². The minimum absolute atomic E-state index is 0.0904. The van der Waals surface area contributed by atoms with E-state index in [4.69, 9.17) is 5.73 Å². The van der Waals surface area contributed by atoms with E-state index in [9.17, 15) is 8.78 Å². The molecule has 0 saturated carbocycles. The van der Waals surface area contributed by atoms with Crippen molar-refractivity contribution in [3.05, 3.63) is 29.8 Å². The van der Waals surface area contributed by atoms with Crippen LogP contribution >= 0.6 is 0 Å². The number of ether oxygens (including phenoxy) is 1. The van der Waals surface area contributed by atoms with E-state index in [1.54, 1.807) is 24.3 Å². The Bertz CT molecular complexity index is 370. The smallest absolute Gasteiger partial charge is 0.387 e. The van der Waals surface area contributed by atoms with Crippen molar-refractivity contribution in [2.75, 3.05) is 13.1 Å². The van der Waals surface area contributed by atoms with Crippen LogP contribution in [-0.2, 0) is 6.42 Å².